The molecule has 1 heterocycles. The summed E-state index contributed by atoms with van der Waals surface area (Å²) >= 11 is 0. The first-order valence-corrected chi connectivity index (χ1v) is 5.88. The van der Waals surface area contributed by atoms with Crippen LogP contribution in [0.15, 0.2) is 36.7 Å². The van der Waals surface area contributed by atoms with Crippen LogP contribution in [0.25, 0.3) is 11.1 Å². The monoisotopic (exact) mass is 229 g/mol. The van der Waals surface area contributed by atoms with Crippen LogP contribution in [0.5, 0.6) is 0 Å². The molecule has 0 N–H and O–H groups in total. The van der Waals surface area contributed by atoms with Gasteiger partial charge in [-0.3, -0.25) is 4.68 Å². The SMILES string of the molecule is CN(C)CCc1cccc(-c2cnn(C)c2)c1. The number of likely N-dealkylation sites (N-methyl/N-ethyl adjacent to an activating group) is 1. The van der Waals surface area contributed by atoms with E-state index >= 15 is 0 Å². The Kier molecular flexibility index (Phi) is 3.59. The molecule has 0 saturated heterocycles. The highest BCUT2D eigenvalue weighted by atomic mass is 15.2. The first-order valence-electron chi connectivity index (χ1n) is 5.88. The molecule has 3 nitrogen and oxygen atoms in total. The number of aromatic nitrogens is 2. The molecule has 2 aromatic rings. The predicted molar refractivity (Wildman–Crippen MR) is 70.9 cm³/mol. The molecule has 0 atom stereocenters. The zero-order valence-electron chi connectivity index (χ0n) is 10.7. The van der Waals surface area contributed by atoms with E-state index in [0.717, 1.165) is 13.0 Å². The predicted octanol–water partition coefficient (Wildman–Crippen LogP) is 2.19. The maximum atomic E-state index is 4.21. The van der Waals surface area contributed by atoms with Crippen LogP contribution in [0.3, 0.4) is 0 Å². The lowest BCUT2D eigenvalue weighted by Gasteiger charge is -2.09. The summed E-state index contributed by atoms with van der Waals surface area (Å²) in [6, 6.07) is 8.69. The number of rotatable bonds is 4. The Morgan fingerprint density at radius 1 is 1.24 bits per heavy atom. The van der Waals surface area contributed by atoms with Gasteiger partial charge < -0.3 is 4.90 Å². The molecule has 1 aromatic carbocycles. The van der Waals surface area contributed by atoms with E-state index in [-0.39, 0.29) is 0 Å². The summed E-state index contributed by atoms with van der Waals surface area (Å²) in [4.78, 5) is 2.21. The number of nitrogens with zero attached hydrogens (tertiary/aromatic N) is 3. The van der Waals surface area contributed by atoms with Gasteiger partial charge in [0.1, 0.15) is 0 Å². The molecule has 0 unspecified atom stereocenters. The lowest BCUT2D eigenvalue weighted by atomic mass is 10.0. The normalized spacial score (nSPS) is 11.1. The third-order valence-corrected chi connectivity index (χ3v) is 2.81. The minimum absolute atomic E-state index is 1.08. The van der Waals surface area contributed by atoms with Crippen molar-refractivity contribution in [1.29, 1.82) is 0 Å². The van der Waals surface area contributed by atoms with E-state index < -0.39 is 0 Å². The fourth-order valence-corrected chi connectivity index (χ4v) is 1.83. The van der Waals surface area contributed by atoms with Gasteiger partial charge in [-0.1, -0.05) is 24.3 Å². The highest BCUT2D eigenvalue weighted by Gasteiger charge is 2.01. The molecule has 0 aliphatic rings. The Bertz CT molecular complexity index is 486. The van der Waals surface area contributed by atoms with Gasteiger partial charge in [-0.2, -0.15) is 5.10 Å². The smallest absolute Gasteiger partial charge is 0.0568 e. The van der Waals surface area contributed by atoms with E-state index in [1.54, 1.807) is 0 Å². The molecular formula is C14H19N3. The van der Waals surface area contributed by atoms with Crippen molar-refractivity contribution >= 4 is 0 Å². The van der Waals surface area contributed by atoms with E-state index in [1.807, 2.05) is 24.1 Å². The molecule has 1 aromatic heterocycles. The van der Waals surface area contributed by atoms with Crippen molar-refractivity contribution in [2.45, 2.75) is 6.42 Å². The van der Waals surface area contributed by atoms with Crippen LogP contribution in [-0.4, -0.2) is 35.3 Å². The van der Waals surface area contributed by atoms with Gasteiger partial charge in [-0.15, -0.1) is 0 Å². The maximum absolute atomic E-state index is 4.21. The fraction of sp³-hybridized carbons (Fsp3) is 0.357. The van der Waals surface area contributed by atoms with Gasteiger partial charge in [0.15, 0.2) is 0 Å². The van der Waals surface area contributed by atoms with Crippen LogP contribution >= 0.6 is 0 Å². The molecule has 0 fully saturated rings. The highest BCUT2D eigenvalue weighted by molar-refractivity contribution is 5.62. The summed E-state index contributed by atoms with van der Waals surface area (Å²) in [7, 11) is 6.15. The molecule has 17 heavy (non-hydrogen) atoms. The van der Waals surface area contributed by atoms with E-state index in [2.05, 4.69) is 48.4 Å². The second-order valence-electron chi connectivity index (χ2n) is 4.66. The first kappa shape index (κ1) is 11.9. The molecule has 0 saturated carbocycles. The van der Waals surface area contributed by atoms with Gasteiger partial charge in [0.05, 0.1) is 6.20 Å². The number of benzene rings is 1. The molecule has 0 radical (unpaired) electrons. The molecule has 0 bridgehead atoms. The van der Waals surface area contributed by atoms with E-state index in [0.29, 0.717) is 0 Å². The second-order valence-corrected chi connectivity index (χ2v) is 4.66. The summed E-state index contributed by atoms with van der Waals surface area (Å²) in [6.07, 6.45) is 5.04. The van der Waals surface area contributed by atoms with Crippen molar-refractivity contribution in [1.82, 2.24) is 14.7 Å². The van der Waals surface area contributed by atoms with Crippen molar-refractivity contribution in [3.05, 3.63) is 42.2 Å². The summed E-state index contributed by atoms with van der Waals surface area (Å²) in [5, 5.41) is 4.21. The standard InChI is InChI=1S/C14H19N3/c1-16(2)8-7-12-5-4-6-13(9-12)14-10-15-17(3)11-14/h4-6,9-11H,7-8H2,1-3H3. The van der Waals surface area contributed by atoms with Crippen molar-refractivity contribution in [3.8, 4) is 11.1 Å². The summed E-state index contributed by atoms with van der Waals surface area (Å²) < 4.78 is 1.84. The van der Waals surface area contributed by atoms with Crippen LogP contribution in [0.2, 0.25) is 0 Å². The summed E-state index contributed by atoms with van der Waals surface area (Å²) in [5.41, 5.74) is 3.80. The average molecular weight is 229 g/mol. The zero-order valence-corrected chi connectivity index (χ0v) is 10.7. The molecule has 0 amide bonds. The molecule has 0 spiro atoms. The van der Waals surface area contributed by atoms with Crippen LogP contribution in [0, 0.1) is 0 Å². The minimum atomic E-state index is 1.08. The lowest BCUT2D eigenvalue weighted by molar-refractivity contribution is 0.413. The number of hydrogen-bond acceptors (Lipinski definition) is 2. The lowest BCUT2D eigenvalue weighted by Crippen LogP contribution is -2.14. The van der Waals surface area contributed by atoms with Gasteiger partial charge in [0, 0.05) is 25.4 Å². The Morgan fingerprint density at radius 2 is 2.06 bits per heavy atom. The summed E-state index contributed by atoms with van der Waals surface area (Å²) in [5.74, 6) is 0. The highest BCUT2D eigenvalue weighted by Crippen LogP contribution is 2.19. The quantitative estimate of drug-likeness (QED) is 0.801. The Hall–Kier alpha value is -1.61. The van der Waals surface area contributed by atoms with Crippen molar-refractivity contribution in [3.63, 3.8) is 0 Å². The molecule has 0 aliphatic heterocycles. The summed E-state index contributed by atoms with van der Waals surface area (Å²) in [6.45, 7) is 1.08. The van der Waals surface area contributed by atoms with Gasteiger partial charge >= 0.3 is 0 Å². The molecule has 90 valence electrons. The van der Waals surface area contributed by atoms with E-state index in [4.69, 9.17) is 0 Å². The van der Waals surface area contributed by atoms with E-state index in [1.165, 1.54) is 16.7 Å². The van der Waals surface area contributed by atoms with Crippen LogP contribution in [-0.2, 0) is 13.5 Å². The molecular weight excluding hydrogens is 210 g/mol. The molecule has 2 rings (SSSR count). The Labute approximate surface area is 103 Å². The molecule has 3 heteroatoms. The van der Waals surface area contributed by atoms with Gasteiger partial charge in [-0.05, 0) is 31.6 Å². The molecule has 0 aliphatic carbocycles. The third kappa shape index (κ3) is 3.17. The number of aryl methyl sites for hydroxylation is 1. The Morgan fingerprint density at radius 3 is 2.71 bits per heavy atom. The maximum Gasteiger partial charge on any atom is 0.0568 e. The van der Waals surface area contributed by atoms with Crippen molar-refractivity contribution < 1.29 is 0 Å². The van der Waals surface area contributed by atoms with Crippen LogP contribution in [0.1, 0.15) is 5.56 Å². The topological polar surface area (TPSA) is 21.1 Å². The average Bonchev–Trinajstić information content (AvgIpc) is 2.74. The minimum Gasteiger partial charge on any atom is -0.309 e. The van der Waals surface area contributed by atoms with E-state index in [9.17, 15) is 0 Å². The van der Waals surface area contributed by atoms with Crippen LogP contribution < -0.4 is 0 Å². The number of hydrogen-bond donors (Lipinski definition) is 0. The largest absolute Gasteiger partial charge is 0.309 e. The van der Waals surface area contributed by atoms with Crippen LogP contribution in [0.4, 0.5) is 0 Å². The third-order valence-electron chi connectivity index (χ3n) is 2.81. The first-order chi connectivity index (χ1) is 8.15. The zero-order chi connectivity index (χ0) is 12.3. The second kappa shape index (κ2) is 5.15. The fourth-order valence-electron chi connectivity index (χ4n) is 1.83. The van der Waals surface area contributed by atoms with Gasteiger partial charge in [0.2, 0.25) is 0 Å². The van der Waals surface area contributed by atoms with Gasteiger partial charge in [0.25, 0.3) is 0 Å². The van der Waals surface area contributed by atoms with Gasteiger partial charge in [-0.25, -0.2) is 0 Å². The van der Waals surface area contributed by atoms with Crippen molar-refractivity contribution in [2.24, 2.45) is 7.05 Å². The van der Waals surface area contributed by atoms with Crippen molar-refractivity contribution in [2.75, 3.05) is 20.6 Å². The Balaban J connectivity index is 2.16.